The highest BCUT2D eigenvalue weighted by molar-refractivity contribution is 6.31. The van der Waals surface area contributed by atoms with Crippen LogP contribution in [0.5, 0.6) is 0 Å². The maximum atomic E-state index is 11.9. The van der Waals surface area contributed by atoms with E-state index in [1.165, 1.54) is 6.20 Å². The number of nitrogen functional groups attached to an aromatic ring is 1. The first-order valence-electron chi connectivity index (χ1n) is 5.35. The number of aryl methyl sites for hydroxylation is 1. The van der Waals surface area contributed by atoms with E-state index >= 15 is 0 Å². The van der Waals surface area contributed by atoms with Crippen LogP contribution in [0.1, 0.15) is 15.9 Å². The molecule has 0 saturated heterocycles. The molecule has 2 aromatic rings. The highest BCUT2D eigenvalue weighted by Gasteiger charge is 2.07. The highest BCUT2D eigenvalue weighted by Crippen LogP contribution is 2.17. The molecule has 0 unspecified atom stereocenters. The van der Waals surface area contributed by atoms with Crippen LogP contribution in [0.25, 0.3) is 0 Å². The summed E-state index contributed by atoms with van der Waals surface area (Å²) in [5.74, 6) is 0.176. The number of nitrogens with one attached hydrogen (secondary N) is 1. The number of amides is 1. The molecule has 0 atom stereocenters. The maximum absolute atomic E-state index is 11.9. The summed E-state index contributed by atoms with van der Waals surface area (Å²) >= 11 is 5.97. The number of benzene rings is 1. The zero-order valence-electron chi connectivity index (χ0n) is 9.77. The number of pyridine rings is 1. The maximum Gasteiger partial charge on any atom is 0.255 e. The van der Waals surface area contributed by atoms with E-state index in [-0.39, 0.29) is 5.91 Å². The Labute approximate surface area is 110 Å². The van der Waals surface area contributed by atoms with Crippen molar-refractivity contribution >= 4 is 29.0 Å². The van der Waals surface area contributed by atoms with Crippen molar-refractivity contribution in [3.05, 3.63) is 52.7 Å². The second-order valence-electron chi connectivity index (χ2n) is 3.89. The Morgan fingerprint density at radius 1 is 1.33 bits per heavy atom. The lowest BCUT2D eigenvalue weighted by Gasteiger charge is -2.06. The van der Waals surface area contributed by atoms with E-state index in [0.29, 0.717) is 22.1 Å². The Morgan fingerprint density at radius 2 is 2.11 bits per heavy atom. The number of carbonyl (C=O) groups excluding carboxylic acids is 1. The first-order chi connectivity index (χ1) is 8.56. The monoisotopic (exact) mass is 261 g/mol. The summed E-state index contributed by atoms with van der Waals surface area (Å²) in [7, 11) is 0. The van der Waals surface area contributed by atoms with Gasteiger partial charge in [-0.25, -0.2) is 4.98 Å². The van der Waals surface area contributed by atoms with Gasteiger partial charge in [0.1, 0.15) is 5.82 Å². The Bertz CT molecular complexity index is 581. The van der Waals surface area contributed by atoms with Crippen LogP contribution in [0.3, 0.4) is 0 Å². The van der Waals surface area contributed by atoms with E-state index in [9.17, 15) is 4.79 Å². The summed E-state index contributed by atoms with van der Waals surface area (Å²) < 4.78 is 0. The van der Waals surface area contributed by atoms with Crippen molar-refractivity contribution in [2.45, 2.75) is 6.92 Å². The van der Waals surface area contributed by atoms with Gasteiger partial charge in [0.05, 0.1) is 11.9 Å². The third-order valence-corrected chi connectivity index (χ3v) is 2.89. The molecule has 0 aliphatic rings. The lowest BCUT2D eigenvalue weighted by Crippen LogP contribution is -2.12. The van der Waals surface area contributed by atoms with Crippen molar-refractivity contribution in [2.24, 2.45) is 0 Å². The van der Waals surface area contributed by atoms with Gasteiger partial charge in [0.2, 0.25) is 0 Å². The Balaban J connectivity index is 2.16. The van der Waals surface area contributed by atoms with Gasteiger partial charge in [0, 0.05) is 10.6 Å². The fraction of sp³-hybridized carbons (Fsp3) is 0.0769. The van der Waals surface area contributed by atoms with Gasteiger partial charge in [-0.3, -0.25) is 4.79 Å². The second kappa shape index (κ2) is 5.06. The predicted molar refractivity (Wildman–Crippen MR) is 72.8 cm³/mol. The van der Waals surface area contributed by atoms with Gasteiger partial charge in [-0.05, 0) is 36.8 Å². The second-order valence-corrected chi connectivity index (χ2v) is 4.30. The van der Waals surface area contributed by atoms with Gasteiger partial charge in [0.25, 0.3) is 5.91 Å². The van der Waals surface area contributed by atoms with Gasteiger partial charge in [-0.1, -0.05) is 17.7 Å². The predicted octanol–water partition coefficient (Wildman–Crippen LogP) is 2.88. The highest BCUT2D eigenvalue weighted by atomic mass is 35.5. The molecule has 1 heterocycles. The largest absolute Gasteiger partial charge is 0.384 e. The summed E-state index contributed by atoms with van der Waals surface area (Å²) in [6.45, 7) is 1.88. The van der Waals surface area contributed by atoms with Crippen LogP contribution in [0.15, 0.2) is 36.5 Å². The topological polar surface area (TPSA) is 68.0 Å². The molecule has 0 bridgehead atoms. The number of hydrogen-bond donors (Lipinski definition) is 2. The Kier molecular flexibility index (Phi) is 3.48. The molecule has 0 aliphatic heterocycles. The normalized spacial score (nSPS) is 10.1. The molecular formula is C13H12ClN3O. The van der Waals surface area contributed by atoms with Crippen LogP contribution in [-0.4, -0.2) is 10.9 Å². The quantitative estimate of drug-likeness (QED) is 0.873. The first kappa shape index (κ1) is 12.4. The number of halogens is 1. The minimum absolute atomic E-state index is 0.233. The van der Waals surface area contributed by atoms with Crippen LogP contribution < -0.4 is 11.1 Å². The van der Waals surface area contributed by atoms with E-state index in [1.54, 1.807) is 30.3 Å². The fourth-order valence-electron chi connectivity index (χ4n) is 1.42. The molecule has 5 heteroatoms. The molecule has 4 nitrogen and oxygen atoms in total. The number of nitrogens with two attached hydrogens (primary N) is 1. The Hall–Kier alpha value is -2.07. The van der Waals surface area contributed by atoms with E-state index in [0.717, 1.165) is 5.56 Å². The molecule has 1 aromatic heterocycles. The van der Waals surface area contributed by atoms with Gasteiger partial charge < -0.3 is 11.1 Å². The van der Waals surface area contributed by atoms with Gasteiger partial charge in [-0.2, -0.15) is 0 Å². The van der Waals surface area contributed by atoms with Crippen LogP contribution in [0.2, 0.25) is 5.02 Å². The van der Waals surface area contributed by atoms with Crippen molar-refractivity contribution in [3.63, 3.8) is 0 Å². The smallest absolute Gasteiger partial charge is 0.255 e. The zero-order valence-corrected chi connectivity index (χ0v) is 10.5. The minimum atomic E-state index is -0.233. The van der Waals surface area contributed by atoms with Crippen molar-refractivity contribution in [3.8, 4) is 0 Å². The molecule has 0 radical (unpaired) electrons. The van der Waals surface area contributed by atoms with E-state index in [1.807, 2.05) is 6.92 Å². The number of rotatable bonds is 2. The molecule has 92 valence electrons. The molecule has 0 spiro atoms. The van der Waals surface area contributed by atoms with Crippen LogP contribution in [-0.2, 0) is 0 Å². The molecule has 18 heavy (non-hydrogen) atoms. The summed E-state index contributed by atoms with van der Waals surface area (Å²) in [6.07, 6.45) is 1.50. The first-order valence-corrected chi connectivity index (χ1v) is 5.73. The van der Waals surface area contributed by atoms with E-state index in [4.69, 9.17) is 17.3 Å². The number of aromatic nitrogens is 1. The van der Waals surface area contributed by atoms with Gasteiger partial charge in [-0.15, -0.1) is 0 Å². The molecule has 2 rings (SSSR count). The summed E-state index contributed by atoms with van der Waals surface area (Å²) in [4.78, 5) is 15.8. The molecule has 1 aromatic carbocycles. The van der Waals surface area contributed by atoms with Crippen molar-refractivity contribution in [2.75, 3.05) is 11.1 Å². The SMILES string of the molecule is Cc1ccc(C(=O)Nc2ccc(N)nc2)cc1Cl. The third kappa shape index (κ3) is 2.78. The van der Waals surface area contributed by atoms with Crippen molar-refractivity contribution in [1.29, 1.82) is 0 Å². The average Bonchev–Trinajstić information content (AvgIpc) is 2.35. The van der Waals surface area contributed by atoms with E-state index < -0.39 is 0 Å². The molecule has 1 amide bonds. The summed E-state index contributed by atoms with van der Waals surface area (Å²) in [5.41, 5.74) is 7.49. The summed E-state index contributed by atoms with van der Waals surface area (Å²) in [6, 6.07) is 8.48. The number of carbonyl (C=O) groups is 1. The lowest BCUT2D eigenvalue weighted by atomic mass is 10.1. The van der Waals surface area contributed by atoms with Gasteiger partial charge >= 0.3 is 0 Å². The molecule has 3 N–H and O–H groups in total. The number of anilines is 2. The third-order valence-electron chi connectivity index (χ3n) is 2.48. The minimum Gasteiger partial charge on any atom is -0.384 e. The molecular weight excluding hydrogens is 250 g/mol. The average molecular weight is 262 g/mol. The fourth-order valence-corrected chi connectivity index (χ4v) is 1.60. The number of hydrogen-bond acceptors (Lipinski definition) is 3. The van der Waals surface area contributed by atoms with Crippen molar-refractivity contribution in [1.82, 2.24) is 4.98 Å². The summed E-state index contributed by atoms with van der Waals surface area (Å²) in [5, 5.41) is 3.28. The van der Waals surface area contributed by atoms with Crippen LogP contribution in [0.4, 0.5) is 11.5 Å². The van der Waals surface area contributed by atoms with E-state index in [2.05, 4.69) is 10.3 Å². The van der Waals surface area contributed by atoms with Crippen LogP contribution >= 0.6 is 11.6 Å². The van der Waals surface area contributed by atoms with Crippen molar-refractivity contribution < 1.29 is 4.79 Å². The molecule has 0 saturated carbocycles. The Morgan fingerprint density at radius 3 is 2.72 bits per heavy atom. The number of nitrogens with zero attached hydrogens (tertiary/aromatic N) is 1. The van der Waals surface area contributed by atoms with Gasteiger partial charge in [0.15, 0.2) is 0 Å². The lowest BCUT2D eigenvalue weighted by molar-refractivity contribution is 0.102. The molecule has 0 aliphatic carbocycles. The zero-order chi connectivity index (χ0) is 13.1. The standard InChI is InChI=1S/C13H12ClN3O/c1-8-2-3-9(6-11(8)14)13(18)17-10-4-5-12(15)16-7-10/h2-7H,1H3,(H2,15,16)(H,17,18). The van der Waals surface area contributed by atoms with Crippen LogP contribution in [0, 0.1) is 6.92 Å². The molecule has 0 fully saturated rings.